The summed E-state index contributed by atoms with van der Waals surface area (Å²) in [6.07, 6.45) is 3.49. The number of amides is 2. The number of aliphatic hydroxyl groups is 1. The van der Waals surface area contributed by atoms with E-state index in [0.29, 0.717) is 19.1 Å². The molecule has 74 valence electrons. The standard InChI is InChI=1S/C9H16N2O2/c12-8-3-5-11(6-4-8)9(13)10-7-1-2-7/h7-8,12H,1-6H2,(H,10,13). The molecule has 2 aliphatic rings. The van der Waals surface area contributed by atoms with E-state index >= 15 is 0 Å². The molecule has 1 saturated carbocycles. The first-order valence-electron chi connectivity index (χ1n) is 4.99. The largest absolute Gasteiger partial charge is 0.393 e. The SMILES string of the molecule is O=C(NC1CC1)N1CCC(O)CC1. The highest BCUT2D eigenvalue weighted by molar-refractivity contribution is 5.74. The van der Waals surface area contributed by atoms with Crippen LogP contribution in [0.25, 0.3) is 0 Å². The molecule has 2 amide bonds. The first-order chi connectivity index (χ1) is 6.25. The van der Waals surface area contributed by atoms with E-state index in [4.69, 9.17) is 0 Å². The number of hydrogen-bond acceptors (Lipinski definition) is 2. The van der Waals surface area contributed by atoms with Gasteiger partial charge in [0.05, 0.1) is 6.10 Å². The van der Waals surface area contributed by atoms with Crippen molar-refractivity contribution in [1.82, 2.24) is 10.2 Å². The van der Waals surface area contributed by atoms with E-state index in [1.54, 1.807) is 4.90 Å². The summed E-state index contributed by atoms with van der Waals surface area (Å²) < 4.78 is 0. The number of carbonyl (C=O) groups excluding carboxylic acids is 1. The van der Waals surface area contributed by atoms with Gasteiger partial charge in [-0.15, -0.1) is 0 Å². The van der Waals surface area contributed by atoms with Gasteiger partial charge in [0, 0.05) is 19.1 Å². The summed E-state index contributed by atoms with van der Waals surface area (Å²) in [4.78, 5) is 13.3. The van der Waals surface area contributed by atoms with E-state index < -0.39 is 0 Å². The van der Waals surface area contributed by atoms with Gasteiger partial charge in [0.2, 0.25) is 0 Å². The average molecular weight is 184 g/mol. The highest BCUT2D eigenvalue weighted by atomic mass is 16.3. The van der Waals surface area contributed by atoms with Crippen LogP contribution in [0.2, 0.25) is 0 Å². The number of likely N-dealkylation sites (tertiary alicyclic amines) is 1. The molecule has 1 saturated heterocycles. The Kier molecular flexibility index (Phi) is 2.40. The molecule has 0 unspecified atom stereocenters. The molecular weight excluding hydrogens is 168 g/mol. The second-order valence-corrected chi connectivity index (χ2v) is 3.94. The van der Waals surface area contributed by atoms with E-state index in [0.717, 1.165) is 25.7 Å². The van der Waals surface area contributed by atoms with Crippen molar-refractivity contribution in [2.24, 2.45) is 0 Å². The van der Waals surface area contributed by atoms with E-state index in [1.165, 1.54) is 0 Å². The van der Waals surface area contributed by atoms with Crippen LogP contribution < -0.4 is 5.32 Å². The van der Waals surface area contributed by atoms with Gasteiger partial charge in [-0.1, -0.05) is 0 Å². The molecule has 0 bridgehead atoms. The zero-order valence-electron chi connectivity index (χ0n) is 7.70. The molecule has 0 aromatic heterocycles. The van der Waals surface area contributed by atoms with Gasteiger partial charge in [-0.05, 0) is 25.7 Å². The first kappa shape index (κ1) is 8.81. The summed E-state index contributed by atoms with van der Waals surface area (Å²) in [6.45, 7) is 1.39. The lowest BCUT2D eigenvalue weighted by Crippen LogP contribution is -2.46. The molecule has 4 nitrogen and oxygen atoms in total. The minimum Gasteiger partial charge on any atom is -0.393 e. The Bertz CT molecular complexity index is 196. The van der Waals surface area contributed by atoms with Gasteiger partial charge in [0.15, 0.2) is 0 Å². The zero-order valence-corrected chi connectivity index (χ0v) is 7.70. The Labute approximate surface area is 77.9 Å². The molecule has 4 heteroatoms. The molecule has 1 heterocycles. The van der Waals surface area contributed by atoms with Crippen LogP contribution >= 0.6 is 0 Å². The number of nitrogens with zero attached hydrogens (tertiary/aromatic N) is 1. The Hall–Kier alpha value is -0.770. The van der Waals surface area contributed by atoms with Crippen LogP contribution in [0.1, 0.15) is 25.7 Å². The minimum atomic E-state index is -0.204. The normalized spacial score (nSPS) is 24.5. The van der Waals surface area contributed by atoms with E-state index in [9.17, 15) is 9.90 Å². The van der Waals surface area contributed by atoms with Crippen molar-refractivity contribution >= 4 is 6.03 Å². The maximum atomic E-state index is 11.5. The van der Waals surface area contributed by atoms with E-state index in [2.05, 4.69) is 5.32 Å². The fourth-order valence-electron chi connectivity index (χ4n) is 1.56. The van der Waals surface area contributed by atoms with E-state index in [-0.39, 0.29) is 12.1 Å². The van der Waals surface area contributed by atoms with Gasteiger partial charge in [-0.3, -0.25) is 0 Å². The molecule has 0 aromatic carbocycles. The molecule has 2 rings (SSSR count). The Morgan fingerprint density at radius 3 is 2.38 bits per heavy atom. The predicted molar refractivity (Wildman–Crippen MR) is 48.4 cm³/mol. The number of urea groups is 1. The molecule has 0 radical (unpaired) electrons. The molecule has 0 atom stereocenters. The minimum absolute atomic E-state index is 0.0504. The Morgan fingerprint density at radius 1 is 1.23 bits per heavy atom. The molecule has 2 N–H and O–H groups in total. The number of nitrogens with one attached hydrogen (secondary N) is 1. The zero-order chi connectivity index (χ0) is 9.26. The topological polar surface area (TPSA) is 52.6 Å². The fraction of sp³-hybridized carbons (Fsp3) is 0.889. The highest BCUT2D eigenvalue weighted by Gasteiger charge is 2.27. The van der Waals surface area contributed by atoms with Crippen LogP contribution in [0.3, 0.4) is 0 Å². The van der Waals surface area contributed by atoms with Crippen LogP contribution in [0.5, 0.6) is 0 Å². The third-order valence-electron chi connectivity index (χ3n) is 2.66. The van der Waals surface area contributed by atoms with Crippen molar-refractivity contribution in [2.45, 2.75) is 37.8 Å². The maximum absolute atomic E-state index is 11.5. The van der Waals surface area contributed by atoms with Crippen LogP contribution in [0.4, 0.5) is 4.79 Å². The van der Waals surface area contributed by atoms with Crippen molar-refractivity contribution < 1.29 is 9.90 Å². The third-order valence-corrected chi connectivity index (χ3v) is 2.66. The maximum Gasteiger partial charge on any atom is 0.317 e. The summed E-state index contributed by atoms with van der Waals surface area (Å²) >= 11 is 0. The molecule has 13 heavy (non-hydrogen) atoms. The van der Waals surface area contributed by atoms with Gasteiger partial charge in [-0.2, -0.15) is 0 Å². The van der Waals surface area contributed by atoms with Gasteiger partial charge in [0.25, 0.3) is 0 Å². The Morgan fingerprint density at radius 2 is 1.85 bits per heavy atom. The quantitative estimate of drug-likeness (QED) is 0.616. The Balaban J connectivity index is 1.75. The summed E-state index contributed by atoms with van der Waals surface area (Å²) in [5.74, 6) is 0. The summed E-state index contributed by atoms with van der Waals surface area (Å²) in [5, 5.41) is 12.2. The smallest absolute Gasteiger partial charge is 0.317 e. The van der Waals surface area contributed by atoms with Crippen molar-refractivity contribution in [2.75, 3.05) is 13.1 Å². The molecule has 1 aliphatic heterocycles. The lowest BCUT2D eigenvalue weighted by molar-refractivity contribution is 0.0936. The summed E-state index contributed by atoms with van der Waals surface area (Å²) in [7, 11) is 0. The van der Waals surface area contributed by atoms with Crippen molar-refractivity contribution in [3.8, 4) is 0 Å². The van der Waals surface area contributed by atoms with Gasteiger partial charge in [-0.25, -0.2) is 4.79 Å². The molecule has 2 fully saturated rings. The molecule has 0 spiro atoms. The monoisotopic (exact) mass is 184 g/mol. The van der Waals surface area contributed by atoms with Crippen LogP contribution in [-0.4, -0.2) is 41.3 Å². The number of aliphatic hydroxyl groups excluding tert-OH is 1. The lowest BCUT2D eigenvalue weighted by Gasteiger charge is -2.29. The summed E-state index contributed by atoms with van der Waals surface area (Å²) in [5.41, 5.74) is 0. The van der Waals surface area contributed by atoms with Crippen molar-refractivity contribution in [1.29, 1.82) is 0 Å². The van der Waals surface area contributed by atoms with Crippen LogP contribution in [-0.2, 0) is 0 Å². The van der Waals surface area contributed by atoms with Crippen LogP contribution in [0, 0.1) is 0 Å². The molecular formula is C9H16N2O2. The predicted octanol–water partition coefficient (Wildman–Crippen LogP) is 0.315. The first-order valence-corrected chi connectivity index (χ1v) is 4.99. The van der Waals surface area contributed by atoms with Gasteiger partial charge < -0.3 is 15.3 Å². The van der Waals surface area contributed by atoms with Crippen molar-refractivity contribution in [3.05, 3.63) is 0 Å². The second-order valence-electron chi connectivity index (χ2n) is 3.94. The number of rotatable bonds is 1. The third kappa shape index (κ3) is 2.34. The fourth-order valence-corrected chi connectivity index (χ4v) is 1.56. The second kappa shape index (κ2) is 3.54. The molecule has 0 aromatic rings. The van der Waals surface area contributed by atoms with Crippen molar-refractivity contribution in [3.63, 3.8) is 0 Å². The summed E-state index contributed by atoms with van der Waals surface area (Å²) in [6, 6.07) is 0.480. The van der Waals surface area contributed by atoms with Gasteiger partial charge >= 0.3 is 6.03 Å². The highest BCUT2D eigenvalue weighted by Crippen LogP contribution is 2.19. The number of hydrogen-bond donors (Lipinski definition) is 2. The number of carbonyl (C=O) groups is 1. The van der Waals surface area contributed by atoms with Crippen LogP contribution in [0.15, 0.2) is 0 Å². The van der Waals surface area contributed by atoms with E-state index in [1.807, 2.05) is 0 Å². The lowest BCUT2D eigenvalue weighted by atomic mass is 10.1. The molecule has 1 aliphatic carbocycles. The van der Waals surface area contributed by atoms with Gasteiger partial charge in [0.1, 0.15) is 0 Å². The number of piperidine rings is 1. The average Bonchev–Trinajstić information content (AvgIpc) is 2.89.